The Bertz CT molecular complexity index is 611. The Morgan fingerprint density at radius 3 is 2.42 bits per heavy atom. The van der Waals surface area contributed by atoms with Gasteiger partial charge in [0.2, 0.25) is 0 Å². The number of rotatable bonds is 2. The van der Waals surface area contributed by atoms with E-state index in [0.29, 0.717) is 11.4 Å². The van der Waals surface area contributed by atoms with Crippen molar-refractivity contribution in [1.82, 2.24) is 0 Å². The van der Waals surface area contributed by atoms with Gasteiger partial charge in [0.1, 0.15) is 5.75 Å². The number of anilines is 2. The van der Waals surface area contributed by atoms with Crippen LogP contribution < -0.4 is 10.6 Å². The van der Waals surface area contributed by atoms with Crippen LogP contribution >= 0.6 is 15.9 Å². The molecule has 1 amide bonds. The van der Waals surface area contributed by atoms with E-state index in [1.165, 1.54) is 11.0 Å². The highest BCUT2D eigenvalue weighted by molar-refractivity contribution is 9.10. The summed E-state index contributed by atoms with van der Waals surface area (Å²) in [6.45, 7) is 0. The van der Waals surface area contributed by atoms with Gasteiger partial charge in [-0.3, -0.25) is 4.79 Å². The number of aromatic hydroxyl groups is 1. The molecule has 0 radical (unpaired) electrons. The summed E-state index contributed by atoms with van der Waals surface area (Å²) in [4.78, 5) is 13.7. The molecule has 2 rings (SSSR count). The first-order valence-electron chi connectivity index (χ1n) is 5.61. The number of hydrogen-bond acceptors (Lipinski definition) is 3. The number of phenolic OH excluding ortho intramolecular Hbond substituents is 1. The van der Waals surface area contributed by atoms with Gasteiger partial charge in [0.15, 0.2) is 0 Å². The van der Waals surface area contributed by atoms with Crippen LogP contribution in [0.2, 0.25) is 0 Å². The highest BCUT2D eigenvalue weighted by atomic mass is 79.9. The van der Waals surface area contributed by atoms with Gasteiger partial charge in [-0.1, -0.05) is 15.9 Å². The fourth-order valence-electron chi connectivity index (χ4n) is 1.68. The monoisotopic (exact) mass is 320 g/mol. The van der Waals surface area contributed by atoms with Crippen molar-refractivity contribution in [2.45, 2.75) is 0 Å². The maximum atomic E-state index is 12.3. The molecule has 4 nitrogen and oxygen atoms in total. The number of nitrogen functional groups attached to an aromatic ring is 1. The number of hydrogen-bond donors (Lipinski definition) is 2. The van der Waals surface area contributed by atoms with E-state index in [1.807, 2.05) is 0 Å². The third-order valence-corrected chi connectivity index (χ3v) is 3.27. The SMILES string of the molecule is CN(C(=O)c1ccc(Br)cc1O)c1ccc(N)cc1. The molecule has 0 spiro atoms. The number of phenols is 1. The van der Waals surface area contributed by atoms with Crippen LogP contribution in [0.3, 0.4) is 0 Å². The summed E-state index contributed by atoms with van der Waals surface area (Å²) in [6.07, 6.45) is 0. The Morgan fingerprint density at radius 2 is 1.84 bits per heavy atom. The minimum absolute atomic E-state index is 0.0540. The number of carbonyl (C=O) groups excluding carboxylic acids is 1. The first kappa shape index (κ1) is 13.4. The fourth-order valence-corrected chi connectivity index (χ4v) is 2.03. The maximum absolute atomic E-state index is 12.3. The van der Waals surface area contributed by atoms with Crippen LogP contribution in [0.5, 0.6) is 5.75 Å². The minimum atomic E-state index is -0.283. The van der Waals surface area contributed by atoms with Crippen LogP contribution in [-0.4, -0.2) is 18.1 Å². The van der Waals surface area contributed by atoms with Crippen molar-refractivity contribution in [3.05, 3.63) is 52.5 Å². The summed E-state index contributed by atoms with van der Waals surface area (Å²) in [5.74, 6) is -0.337. The quantitative estimate of drug-likeness (QED) is 0.836. The van der Waals surface area contributed by atoms with Crippen molar-refractivity contribution < 1.29 is 9.90 Å². The van der Waals surface area contributed by atoms with Crippen LogP contribution in [0, 0.1) is 0 Å². The van der Waals surface area contributed by atoms with E-state index in [9.17, 15) is 9.90 Å². The molecule has 5 heteroatoms. The van der Waals surface area contributed by atoms with Crippen LogP contribution in [-0.2, 0) is 0 Å². The largest absolute Gasteiger partial charge is 0.507 e. The fraction of sp³-hybridized carbons (Fsp3) is 0.0714. The molecule has 0 aliphatic carbocycles. The predicted molar refractivity (Wildman–Crippen MR) is 79.4 cm³/mol. The van der Waals surface area contributed by atoms with Gasteiger partial charge >= 0.3 is 0 Å². The zero-order valence-electron chi connectivity index (χ0n) is 10.3. The van der Waals surface area contributed by atoms with Crippen molar-refractivity contribution >= 4 is 33.2 Å². The lowest BCUT2D eigenvalue weighted by Crippen LogP contribution is -2.26. The lowest BCUT2D eigenvalue weighted by molar-refractivity contribution is 0.0990. The van der Waals surface area contributed by atoms with Crippen LogP contribution in [0.15, 0.2) is 46.9 Å². The normalized spacial score (nSPS) is 10.2. The summed E-state index contributed by atoms with van der Waals surface area (Å²) >= 11 is 3.24. The molecule has 2 aromatic rings. The molecule has 3 N–H and O–H groups in total. The molecule has 0 heterocycles. The summed E-state index contributed by atoms with van der Waals surface area (Å²) in [6, 6.07) is 11.7. The molecular formula is C14H13BrN2O2. The molecule has 0 unspecified atom stereocenters. The third-order valence-electron chi connectivity index (χ3n) is 2.78. The lowest BCUT2D eigenvalue weighted by Gasteiger charge is -2.18. The van der Waals surface area contributed by atoms with Gasteiger partial charge in [0.05, 0.1) is 5.56 Å². The van der Waals surface area contributed by atoms with E-state index >= 15 is 0 Å². The zero-order chi connectivity index (χ0) is 14.0. The Kier molecular flexibility index (Phi) is 3.76. The maximum Gasteiger partial charge on any atom is 0.261 e. The van der Waals surface area contributed by atoms with Gasteiger partial charge in [0.25, 0.3) is 5.91 Å². The summed E-state index contributed by atoms with van der Waals surface area (Å²) in [7, 11) is 1.65. The van der Waals surface area contributed by atoms with E-state index in [-0.39, 0.29) is 17.2 Å². The van der Waals surface area contributed by atoms with Gasteiger partial charge in [-0.05, 0) is 42.5 Å². The van der Waals surface area contributed by atoms with E-state index in [2.05, 4.69) is 15.9 Å². The highest BCUT2D eigenvalue weighted by Gasteiger charge is 2.17. The Labute approximate surface area is 119 Å². The number of benzene rings is 2. The smallest absolute Gasteiger partial charge is 0.261 e. The average Bonchev–Trinajstić information content (AvgIpc) is 2.38. The van der Waals surface area contributed by atoms with Crippen LogP contribution in [0.1, 0.15) is 10.4 Å². The second kappa shape index (κ2) is 5.32. The first-order valence-corrected chi connectivity index (χ1v) is 6.40. The molecule has 0 fully saturated rings. The van der Waals surface area contributed by atoms with Crippen molar-refractivity contribution in [3.63, 3.8) is 0 Å². The molecule has 2 aromatic carbocycles. The molecular weight excluding hydrogens is 308 g/mol. The molecule has 0 atom stereocenters. The number of carbonyl (C=O) groups is 1. The lowest BCUT2D eigenvalue weighted by atomic mass is 10.1. The predicted octanol–water partition coefficient (Wildman–Crippen LogP) is 3.01. The first-order chi connectivity index (χ1) is 8.99. The van der Waals surface area contributed by atoms with E-state index in [4.69, 9.17) is 5.73 Å². The second-order valence-electron chi connectivity index (χ2n) is 4.12. The number of amides is 1. The van der Waals surface area contributed by atoms with Gasteiger partial charge < -0.3 is 15.7 Å². The molecule has 19 heavy (non-hydrogen) atoms. The molecule has 0 saturated heterocycles. The van der Waals surface area contributed by atoms with Gasteiger partial charge in [-0.2, -0.15) is 0 Å². The van der Waals surface area contributed by atoms with Gasteiger partial charge in [-0.25, -0.2) is 0 Å². The molecule has 0 aliphatic heterocycles. The highest BCUT2D eigenvalue weighted by Crippen LogP contribution is 2.25. The van der Waals surface area contributed by atoms with Crippen molar-refractivity contribution in [2.24, 2.45) is 0 Å². The van der Waals surface area contributed by atoms with Gasteiger partial charge in [0, 0.05) is 22.9 Å². The molecule has 0 aliphatic rings. The molecule has 0 bridgehead atoms. The van der Waals surface area contributed by atoms with Gasteiger partial charge in [-0.15, -0.1) is 0 Å². The second-order valence-corrected chi connectivity index (χ2v) is 5.03. The van der Waals surface area contributed by atoms with Crippen molar-refractivity contribution in [3.8, 4) is 5.75 Å². The number of nitrogens with zero attached hydrogens (tertiary/aromatic N) is 1. The average molecular weight is 321 g/mol. The van der Waals surface area contributed by atoms with E-state index < -0.39 is 0 Å². The molecule has 0 saturated carbocycles. The molecule has 0 aromatic heterocycles. The standard InChI is InChI=1S/C14H13BrN2O2/c1-17(11-5-3-10(16)4-6-11)14(19)12-7-2-9(15)8-13(12)18/h2-8,18H,16H2,1H3. The Balaban J connectivity index is 2.30. The van der Waals surface area contributed by atoms with Crippen molar-refractivity contribution in [2.75, 3.05) is 17.7 Å². The summed E-state index contributed by atoms with van der Waals surface area (Å²) in [5, 5.41) is 9.80. The third kappa shape index (κ3) is 2.88. The Morgan fingerprint density at radius 1 is 1.21 bits per heavy atom. The summed E-state index contributed by atoms with van der Waals surface area (Å²) in [5.41, 5.74) is 7.20. The number of halogens is 1. The van der Waals surface area contributed by atoms with Crippen LogP contribution in [0.4, 0.5) is 11.4 Å². The molecule has 98 valence electrons. The Hall–Kier alpha value is -2.01. The number of nitrogens with two attached hydrogens (primary N) is 1. The van der Waals surface area contributed by atoms with E-state index in [1.54, 1.807) is 43.4 Å². The zero-order valence-corrected chi connectivity index (χ0v) is 11.9. The van der Waals surface area contributed by atoms with Crippen molar-refractivity contribution in [1.29, 1.82) is 0 Å². The van der Waals surface area contributed by atoms with E-state index in [0.717, 1.165) is 4.47 Å². The topological polar surface area (TPSA) is 66.6 Å². The minimum Gasteiger partial charge on any atom is -0.507 e. The summed E-state index contributed by atoms with van der Waals surface area (Å²) < 4.78 is 0.719. The van der Waals surface area contributed by atoms with Crippen LogP contribution in [0.25, 0.3) is 0 Å².